The first-order chi connectivity index (χ1) is 44.1. The summed E-state index contributed by atoms with van der Waals surface area (Å²) in [5.74, 6) is 3.39. The van der Waals surface area contributed by atoms with Crippen LogP contribution in [0.4, 0.5) is 37.0 Å². The van der Waals surface area contributed by atoms with Gasteiger partial charge in [-0.2, -0.15) is 58.0 Å². The number of fused-ring (bicyclic) bond motifs is 10. The highest BCUT2D eigenvalue weighted by Crippen LogP contribution is 2.41. The first kappa shape index (κ1) is 71.1. The van der Waals surface area contributed by atoms with E-state index in [0.29, 0.717) is 83.6 Å². The monoisotopic (exact) mass is 1400 g/mol. The maximum absolute atomic E-state index is 10.6. The number of hydrogen-bond acceptors (Lipinski definition) is 25. The molecule has 520 valence electrons. The SMILES string of the molecule is C.C.C.C#Cc1nc(N2CC3CCC(C2)N3C2COC2)nc(N2CC3CCC(C2)N3C2COC2)n1.C1CC2CNCC1N2C1COC1.Clc1nc(Cl)nc(Cl)n1.Clc1nc(N2CC3CCC(C2)N3C2COC2)nc(N2CC3CCC(C2)N3C2COC2)n1.O=C(O)C(F)(F)F. The van der Waals surface area contributed by atoms with Crippen molar-refractivity contribution in [3.63, 3.8) is 0 Å². The number of terminal acetylenes is 1. The minimum absolute atomic E-state index is 0. The molecule has 2 N–H and O–H groups in total. The zero-order chi connectivity index (χ0) is 62.7. The van der Waals surface area contributed by atoms with Gasteiger partial charge in [-0.3, -0.25) is 24.5 Å². The summed E-state index contributed by atoms with van der Waals surface area (Å²) >= 11 is 22.4. The Morgan fingerprint density at radius 2 is 0.606 bits per heavy atom. The summed E-state index contributed by atoms with van der Waals surface area (Å²) in [6.45, 7) is 19.1. The summed E-state index contributed by atoms with van der Waals surface area (Å²) < 4.78 is 58.8. The van der Waals surface area contributed by atoms with Crippen molar-refractivity contribution in [3.8, 4) is 12.3 Å². The zero-order valence-corrected chi connectivity index (χ0v) is 53.6. The molecule has 3 aromatic heterocycles. The van der Waals surface area contributed by atoms with Crippen LogP contribution in [0.1, 0.15) is 92.3 Å². The highest BCUT2D eigenvalue weighted by Gasteiger charge is 2.51. The van der Waals surface area contributed by atoms with Gasteiger partial charge in [-0.05, 0) is 117 Å². The Morgan fingerprint density at radius 3 is 0.819 bits per heavy atom. The van der Waals surface area contributed by atoms with E-state index in [9.17, 15) is 13.2 Å². The van der Waals surface area contributed by atoms with Gasteiger partial charge in [-0.1, -0.05) is 22.3 Å². The first-order valence-electron chi connectivity index (χ1n) is 32.2. The van der Waals surface area contributed by atoms with E-state index < -0.39 is 12.1 Å². The molecule has 94 heavy (non-hydrogen) atoms. The molecule has 15 saturated heterocycles. The smallest absolute Gasteiger partial charge is 0.475 e. The van der Waals surface area contributed by atoms with E-state index >= 15 is 0 Å². The number of aromatic nitrogens is 9. The first-order valence-corrected chi connectivity index (χ1v) is 33.7. The predicted molar refractivity (Wildman–Crippen MR) is 349 cm³/mol. The topological polar surface area (TPSA) is 241 Å². The molecule has 33 heteroatoms. The van der Waals surface area contributed by atoms with Crippen molar-refractivity contribution < 1.29 is 46.8 Å². The Labute approximate surface area is 568 Å². The molecule has 0 spiro atoms. The lowest BCUT2D eigenvalue weighted by Gasteiger charge is -2.48. The van der Waals surface area contributed by atoms with Crippen LogP contribution >= 0.6 is 46.4 Å². The second-order valence-electron chi connectivity index (χ2n) is 26.4. The Kier molecular flexibility index (Phi) is 23.0. The molecular formula is C61H90Cl4F3N19O7. The van der Waals surface area contributed by atoms with Gasteiger partial charge in [0.05, 0.1) is 96.3 Å². The van der Waals surface area contributed by atoms with E-state index in [4.69, 9.17) is 96.4 Å². The molecule has 0 saturated carbocycles. The molecule has 3 aromatic rings. The molecule has 15 aliphatic rings. The van der Waals surface area contributed by atoms with Crippen molar-refractivity contribution in [2.75, 3.05) is 151 Å². The van der Waals surface area contributed by atoms with Gasteiger partial charge in [0.15, 0.2) is 0 Å². The van der Waals surface area contributed by atoms with Gasteiger partial charge in [-0.25, -0.2) is 4.79 Å². The lowest BCUT2D eigenvalue weighted by Crippen LogP contribution is -2.62. The third-order valence-corrected chi connectivity index (χ3v) is 21.7. The number of nitrogens with one attached hydrogen (secondary N) is 1. The molecule has 10 bridgehead atoms. The van der Waals surface area contributed by atoms with Gasteiger partial charge < -0.3 is 53.7 Å². The normalized spacial score (nSPS) is 31.5. The molecule has 18 heterocycles. The number of alkyl halides is 3. The van der Waals surface area contributed by atoms with Crippen LogP contribution in [0.3, 0.4) is 0 Å². The highest BCUT2D eigenvalue weighted by atomic mass is 35.5. The number of piperazine rings is 5. The van der Waals surface area contributed by atoms with E-state index in [2.05, 4.69) is 90.2 Å². The van der Waals surface area contributed by atoms with Crippen LogP contribution in [0.5, 0.6) is 0 Å². The molecule has 15 fully saturated rings. The van der Waals surface area contributed by atoms with Crippen LogP contribution in [0.25, 0.3) is 0 Å². The minimum atomic E-state index is -5.08. The van der Waals surface area contributed by atoms with Crippen molar-refractivity contribution >= 4 is 76.2 Å². The third-order valence-electron chi connectivity index (χ3n) is 21.1. The number of nitrogens with zero attached hydrogens (tertiary/aromatic N) is 18. The van der Waals surface area contributed by atoms with E-state index in [1.165, 1.54) is 77.3 Å². The average molecular weight is 1400 g/mol. The molecule has 10 unspecified atom stereocenters. The molecule has 15 aliphatic heterocycles. The summed E-state index contributed by atoms with van der Waals surface area (Å²) in [6.07, 6.45) is 13.5. The number of rotatable bonds is 9. The lowest BCUT2D eigenvalue weighted by atomic mass is 10.1. The maximum Gasteiger partial charge on any atom is 0.490 e. The summed E-state index contributed by atoms with van der Waals surface area (Å²) in [5, 5.41) is 10.9. The summed E-state index contributed by atoms with van der Waals surface area (Å²) in [7, 11) is 0. The van der Waals surface area contributed by atoms with Gasteiger partial charge in [0.25, 0.3) is 0 Å². The largest absolute Gasteiger partial charge is 0.490 e. The summed E-state index contributed by atoms with van der Waals surface area (Å²) in [6, 6.07) is 9.27. The highest BCUT2D eigenvalue weighted by molar-refractivity contribution is 6.33. The van der Waals surface area contributed by atoms with Crippen LogP contribution in [0, 0.1) is 12.3 Å². The Morgan fingerprint density at radius 1 is 0.394 bits per heavy atom. The second kappa shape index (κ2) is 30.5. The minimum Gasteiger partial charge on any atom is -0.475 e. The van der Waals surface area contributed by atoms with Gasteiger partial charge in [0.2, 0.25) is 50.8 Å². The number of aliphatic carboxylic acids is 1. The molecule has 10 atom stereocenters. The molecule has 18 rings (SSSR count). The number of anilines is 4. The fraction of sp³-hybridized carbons (Fsp3) is 0.803. The standard InChI is InChI=1S/C23H31N7O2.C21H30ClN7O2.C9H16N2O.C3Cl3N3.C2HF3O2.3CH4/c1-2-21-24-22(27-7-15-3-4-16(8-27)29(15)19-11-31-12-19)26-23(25-21)28-9-17-5-6-18(10-28)30(17)20-13-32-14-20;22-19-23-20(26-5-13-1-2-14(6-26)28(13)17-9-30-10-17)25-21(24-19)27-7-15-3-4-16(8-27)29(15)18-11-31-12-18;1-2-8-4-10-3-7(1)11(8)9-5-12-6-9;4-1-7-2(5)9-3(6)8-1;3-2(4,5)1(6)7;;;/h1,15-20H,3-14H2;13-18H,1-12H2;7-10H,1-6H2;;(H,6,7);3*1H4. The fourth-order valence-electron chi connectivity index (χ4n) is 16.8. The van der Waals surface area contributed by atoms with Gasteiger partial charge in [0, 0.05) is 126 Å². The summed E-state index contributed by atoms with van der Waals surface area (Å²) in [5.41, 5.74) is 0. The lowest BCUT2D eigenvalue weighted by molar-refractivity contribution is -0.192. The second-order valence-corrected chi connectivity index (χ2v) is 27.8. The van der Waals surface area contributed by atoms with Crippen molar-refractivity contribution in [1.29, 1.82) is 0 Å². The molecule has 0 aliphatic carbocycles. The van der Waals surface area contributed by atoms with E-state index in [1.807, 2.05) is 0 Å². The number of hydrogen-bond donors (Lipinski definition) is 2. The van der Waals surface area contributed by atoms with Gasteiger partial charge in [-0.15, -0.1) is 6.42 Å². The number of carboxylic acids is 1. The van der Waals surface area contributed by atoms with Crippen LogP contribution in [-0.4, -0.2) is 309 Å². The van der Waals surface area contributed by atoms with Gasteiger partial charge >= 0.3 is 12.1 Å². The zero-order valence-electron chi connectivity index (χ0n) is 50.5. The predicted octanol–water partition coefficient (Wildman–Crippen LogP) is 4.78. The molecule has 0 amide bonds. The third kappa shape index (κ3) is 15.2. The average Bonchev–Trinajstić information content (AvgIpc) is 1.57. The van der Waals surface area contributed by atoms with Crippen LogP contribution in [0.15, 0.2) is 0 Å². The van der Waals surface area contributed by atoms with Crippen LogP contribution in [0.2, 0.25) is 21.1 Å². The van der Waals surface area contributed by atoms with E-state index in [-0.39, 0.29) is 38.1 Å². The number of ether oxygens (including phenoxy) is 5. The maximum atomic E-state index is 10.6. The Hall–Kier alpha value is -4.23. The number of halogens is 7. The Balaban J connectivity index is 0.000000134. The number of carboxylic acid groups (broad SMARTS) is 1. The quantitative estimate of drug-likeness (QED) is 0.274. The van der Waals surface area contributed by atoms with Gasteiger partial charge in [0.1, 0.15) is 0 Å². The molecule has 0 aromatic carbocycles. The van der Waals surface area contributed by atoms with Crippen LogP contribution < -0.4 is 24.9 Å². The van der Waals surface area contributed by atoms with Crippen molar-refractivity contribution in [1.82, 2.24) is 74.7 Å². The molecule has 26 nitrogen and oxygen atoms in total. The molecule has 0 radical (unpaired) electrons. The van der Waals surface area contributed by atoms with Crippen LogP contribution in [-0.2, 0) is 28.5 Å². The molecular weight excluding hydrogens is 1310 g/mol. The summed E-state index contributed by atoms with van der Waals surface area (Å²) in [4.78, 5) is 70.5. The van der Waals surface area contributed by atoms with Crippen molar-refractivity contribution in [2.24, 2.45) is 0 Å². The van der Waals surface area contributed by atoms with Crippen molar-refractivity contribution in [3.05, 3.63) is 27.0 Å². The van der Waals surface area contributed by atoms with E-state index in [1.54, 1.807) is 0 Å². The van der Waals surface area contributed by atoms with Crippen molar-refractivity contribution in [2.45, 2.75) is 183 Å². The van der Waals surface area contributed by atoms with E-state index in [0.717, 1.165) is 160 Å². The Bertz CT molecular complexity index is 2860. The fourth-order valence-corrected chi connectivity index (χ4v) is 17.5. The number of carbonyl (C=O) groups is 1.